The van der Waals surface area contributed by atoms with E-state index in [4.69, 9.17) is 0 Å². The third-order valence-corrected chi connectivity index (χ3v) is 6.36. The highest BCUT2D eigenvalue weighted by Gasteiger charge is 2.23. The number of nitrogens with zero attached hydrogens (tertiary/aromatic N) is 4. The summed E-state index contributed by atoms with van der Waals surface area (Å²) in [6.07, 6.45) is 1.85. The minimum absolute atomic E-state index is 0.254. The zero-order valence-corrected chi connectivity index (χ0v) is 15.4. The van der Waals surface area contributed by atoms with Gasteiger partial charge in [0.15, 0.2) is 0 Å². The largest absolute Gasteiger partial charge is 0.271 e. The van der Waals surface area contributed by atoms with E-state index in [1.54, 1.807) is 41.6 Å². The van der Waals surface area contributed by atoms with Crippen LogP contribution >= 0.6 is 11.3 Å². The Balaban J connectivity index is 1.66. The van der Waals surface area contributed by atoms with Crippen LogP contribution in [0.15, 0.2) is 34.7 Å². The first-order valence-electron chi connectivity index (χ1n) is 7.45. The van der Waals surface area contributed by atoms with Crippen LogP contribution in [-0.4, -0.2) is 34.5 Å². The zero-order valence-electron chi connectivity index (χ0n) is 13.7. The minimum atomic E-state index is -3.58. The fourth-order valence-corrected chi connectivity index (χ4v) is 4.70. The molecule has 3 aromatic heterocycles. The molecule has 0 atom stereocenters. The average Bonchev–Trinajstić information content (AvgIpc) is 3.21. The summed E-state index contributed by atoms with van der Waals surface area (Å²) in [7, 11) is -1.85. The van der Waals surface area contributed by atoms with Crippen LogP contribution in [0.4, 0.5) is 0 Å². The molecule has 0 aliphatic carbocycles. The molecule has 0 radical (unpaired) electrons. The van der Waals surface area contributed by atoms with Gasteiger partial charge >= 0.3 is 0 Å². The molecule has 7 nitrogen and oxygen atoms in total. The van der Waals surface area contributed by atoms with E-state index in [9.17, 15) is 8.42 Å². The number of thiophene rings is 1. The van der Waals surface area contributed by atoms with Crippen molar-refractivity contribution < 1.29 is 8.42 Å². The van der Waals surface area contributed by atoms with Gasteiger partial charge in [-0.05, 0) is 31.4 Å². The molecule has 0 aliphatic heterocycles. The molecular weight excluding hydrogens is 346 g/mol. The van der Waals surface area contributed by atoms with Crippen molar-refractivity contribution in [1.82, 2.24) is 24.3 Å². The molecule has 0 aliphatic rings. The Morgan fingerprint density at radius 3 is 2.67 bits per heavy atom. The van der Waals surface area contributed by atoms with Crippen LogP contribution in [0, 0.1) is 13.8 Å². The summed E-state index contributed by atoms with van der Waals surface area (Å²) < 4.78 is 30.9. The van der Waals surface area contributed by atoms with Crippen LogP contribution < -0.4 is 4.72 Å². The van der Waals surface area contributed by atoms with Crippen molar-refractivity contribution >= 4 is 21.4 Å². The predicted molar refractivity (Wildman–Crippen MR) is 93.4 cm³/mol. The van der Waals surface area contributed by atoms with Crippen molar-refractivity contribution in [3.8, 4) is 10.6 Å². The monoisotopic (exact) mass is 365 g/mol. The van der Waals surface area contributed by atoms with Gasteiger partial charge in [0.2, 0.25) is 10.0 Å². The Hall–Kier alpha value is -1.97. The van der Waals surface area contributed by atoms with Crippen LogP contribution in [0.25, 0.3) is 10.6 Å². The van der Waals surface area contributed by atoms with Gasteiger partial charge in [-0.3, -0.25) is 9.36 Å². The summed E-state index contributed by atoms with van der Waals surface area (Å²) in [5, 5.41) is 10.6. The van der Waals surface area contributed by atoms with Gasteiger partial charge < -0.3 is 0 Å². The normalized spacial score (nSPS) is 12.0. The van der Waals surface area contributed by atoms with Crippen LogP contribution in [-0.2, 0) is 23.6 Å². The second-order valence-corrected chi connectivity index (χ2v) is 8.11. The lowest BCUT2D eigenvalue weighted by molar-refractivity contribution is 0.560. The van der Waals surface area contributed by atoms with E-state index in [1.807, 2.05) is 29.8 Å². The molecular formula is C15H19N5O2S2. The summed E-state index contributed by atoms with van der Waals surface area (Å²) in [4.78, 5) is 1.35. The predicted octanol–water partition coefficient (Wildman–Crippen LogP) is 1.94. The molecule has 0 saturated carbocycles. The first-order chi connectivity index (χ1) is 11.4. The van der Waals surface area contributed by atoms with Crippen molar-refractivity contribution in [3.05, 3.63) is 41.2 Å². The molecule has 0 fully saturated rings. The third-order valence-electron chi connectivity index (χ3n) is 3.76. The highest BCUT2D eigenvalue weighted by atomic mass is 32.2. The molecule has 0 unspecified atom stereocenters. The SMILES string of the molecule is Cc1nn(C)c(C)c1S(=O)(=O)NCCn1ccc(-c2cccs2)n1. The van der Waals surface area contributed by atoms with Gasteiger partial charge in [0.1, 0.15) is 10.6 Å². The van der Waals surface area contributed by atoms with E-state index in [1.165, 1.54) is 0 Å². The lowest BCUT2D eigenvalue weighted by atomic mass is 10.3. The van der Waals surface area contributed by atoms with Crippen molar-refractivity contribution in [1.29, 1.82) is 0 Å². The lowest BCUT2D eigenvalue weighted by Gasteiger charge is -2.07. The summed E-state index contributed by atoms with van der Waals surface area (Å²) in [6, 6.07) is 5.91. The number of nitrogens with one attached hydrogen (secondary N) is 1. The molecule has 1 N–H and O–H groups in total. The average molecular weight is 365 g/mol. The molecule has 9 heteroatoms. The third kappa shape index (κ3) is 3.28. The van der Waals surface area contributed by atoms with Crippen molar-refractivity contribution in [2.24, 2.45) is 7.05 Å². The lowest BCUT2D eigenvalue weighted by Crippen LogP contribution is -2.28. The van der Waals surface area contributed by atoms with Crippen molar-refractivity contribution in [3.63, 3.8) is 0 Å². The van der Waals surface area contributed by atoms with E-state index in [0.717, 1.165) is 10.6 Å². The topological polar surface area (TPSA) is 81.8 Å². The number of hydrogen-bond acceptors (Lipinski definition) is 5. The molecule has 3 heterocycles. The first kappa shape index (κ1) is 16.9. The number of aryl methyl sites for hydroxylation is 2. The maximum absolute atomic E-state index is 12.5. The molecule has 3 rings (SSSR count). The fraction of sp³-hybridized carbons (Fsp3) is 0.333. The van der Waals surface area contributed by atoms with E-state index in [-0.39, 0.29) is 11.4 Å². The molecule has 0 amide bonds. The molecule has 0 aromatic carbocycles. The minimum Gasteiger partial charge on any atom is -0.271 e. The number of hydrogen-bond donors (Lipinski definition) is 1. The Morgan fingerprint density at radius 1 is 1.25 bits per heavy atom. The highest BCUT2D eigenvalue weighted by molar-refractivity contribution is 7.89. The molecule has 128 valence electrons. The van der Waals surface area contributed by atoms with E-state index < -0.39 is 10.0 Å². The quantitative estimate of drug-likeness (QED) is 0.724. The standard InChI is InChI=1S/C15H19N5O2S2/c1-11-15(12(2)19(3)17-11)24(21,22)16-7-9-20-8-6-13(18-20)14-5-4-10-23-14/h4-6,8,10,16H,7,9H2,1-3H3. The molecule has 0 spiro atoms. The maximum atomic E-state index is 12.5. The van der Waals surface area contributed by atoms with Gasteiger partial charge in [0.05, 0.1) is 22.8 Å². The Morgan fingerprint density at radius 2 is 2.04 bits per heavy atom. The second-order valence-electron chi connectivity index (χ2n) is 5.46. The van der Waals surface area contributed by atoms with Gasteiger partial charge in [-0.1, -0.05) is 6.07 Å². The summed E-state index contributed by atoms with van der Waals surface area (Å²) >= 11 is 1.62. The Bertz CT molecular complexity index is 939. The molecule has 3 aromatic rings. The summed E-state index contributed by atoms with van der Waals surface area (Å²) in [6.45, 7) is 4.17. The maximum Gasteiger partial charge on any atom is 0.244 e. The van der Waals surface area contributed by atoms with Gasteiger partial charge in [-0.2, -0.15) is 10.2 Å². The number of sulfonamides is 1. The molecule has 24 heavy (non-hydrogen) atoms. The smallest absolute Gasteiger partial charge is 0.244 e. The molecule has 0 bridgehead atoms. The van der Waals surface area contributed by atoms with Crippen molar-refractivity contribution in [2.45, 2.75) is 25.3 Å². The van der Waals surface area contributed by atoms with Crippen LogP contribution in [0.1, 0.15) is 11.4 Å². The Kier molecular flexibility index (Phi) is 4.57. The van der Waals surface area contributed by atoms with Gasteiger partial charge in [0, 0.05) is 19.8 Å². The zero-order chi connectivity index (χ0) is 17.3. The van der Waals surface area contributed by atoms with Crippen LogP contribution in [0.2, 0.25) is 0 Å². The van der Waals surface area contributed by atoms with Gasteiger partial charge in [-0.25, -0.2) is 13.1 Å². The fourth-order valence-electron chi connectivity index (χ4n) is 2.55. The Labute approximate surface area is 145 Å². The van der Waals surface area contributed by atoms with E-state index in [0.29, 0.717) is 17.9 Å². The van der Waals surface area contributed by atoms with Gasteiger partial charge in [-0.15, -0.1) is 11.3 Å². The van der Waals surface area contributed by atoms with Crippen molar-refractivity contribution in [2.75, 3.05) is 6.54 Å². The van der Waals surface area contributed by atoms with E-state index >= 15 is 0 Å². The molecule has 0 saturated heterocycles. The first-order valence-corrected chi connectivity index (χ1v) is 9.82. The number of aromatic nitrogens is 4. The van der Waals surface area contributed by atoms with E-state index in [2.05, 4.69) is 14.9 Å². The van der Waals surface area contributed by atoms with Crippen LogP contribution in [0.3, 0.4) is 0 Å². The van der Waals surface area contributed by atoms with Crippen LogP contribution in [0.5, 0.6) is 0 Å². The second kappa shape index (κ2) is 6.50. The van der Waals surface area contributed by atoms with Gasteiger partial charge in [0.25, 0.3) is 0 Å². The number of rotatable bonds is 6. The highest BCUT2D eigenvalue weighted by Crippen LogP contribution is 2.22. The summed E-state index contributed by atoms with van der Waals surface area (Å²) in [5.41, 5.74) is 2.02. The summed E-state index contributed by atoms with van der Waals surface area (Å²) in [5.74, 6) is 0.